The number of rotatable bonds is 6. The SMILES string of the molecule is CCC(CC)(CN)C(=O)N(C)C(C)c1ccc(C)cc1. The van der Waals surface area contributed by atoms with Gasteiger partial charge in [0.2, 0.25) is 5.91 Å². The summed E-state index contributed by atoms with van der Waals surface area (Å²) < 4.78 is 0. The molecule has 0 aliphatic carbocycles. The number of aryl methyl sites for hydroxylation is 1. The van der Waals surface area contributed by atoms with Gasteiger partial charge in [-0.3, -0.25) is 4.79 Å². The highest BCUT2D eigenvalue weighted by atomic mass is 16.2. The lowest BCUT2D eigenvalue weighted by molar-refractivity contribution is -0.142. The molecule has 0 heterocycles. The molecule has 0 saturated heterocycles. The molecular weight excluding hydrogens is 248 g/mol. The van der Waals surface area contributed by atoms with Gasteiger partial charge in [0.1, 0.15) is 0 Å². The lowest BCUT2D eigenvalue weighted by Gasteiger charge is -2.36. The van der Waals surface area contributed by atoms with Crippen LogP contribution in [0.2, 0.25) is 0 Å². The third-order valence-electron chi connectivity index (χ3n) is 4.66. The van der Waals surface area contributed by atoms with Crippen molar-refractivity contribution in [3.63, 3.8) is 0 Å². The van der Waals surface area contributed by atoms with Gasteiger partial charge in [-0.15, -0.1) is 0 Å². The topological polar surface area (TPSA) is 46.3 Å². The maximum atomic E-state index is 12.8. The molecule has 0 aliphatic rings. The van der Waals surface area contributed by atoms with E-state index >= 15 is 0 Å². The smallest absolute Gasteiger partial charge is 0.230 e. The Bertz CT molecular complexity index is 427. The third kappa shape index (κ3) is 3.21. The Kier molecular flexibility index (Phi) is 5.75. The van der Waals surface area contributed by atoms with Crippen LogP contribution in [0.4, 0.5) is 0 Å². The summed E-state index contributed by atoms with van der Waals surface area (Å²) >= 11 is 0. The van der Waals surface area contributed by atoms with Crippen molar-refractivity contribution in [1.29, 1.82) is 0 Å². The Hall–Kier alpha value is -1.35. The average Bonchev–Trinajstić information content (AvgIpc) is 2.48. The van der Waals surface area contributed by atoms with Crippen molar-refractivity contribution < 1.29 is 4.79 Å². The molecule has 0 bridgehead atoms. The molecule has 0 aliphatic heterocycles. The molecule has 1 aromatic carbocycles. The number of hydrogen-bond acceptors (Lipinski definition) is 2. The fourth-order valence-corrected chi connectivity index (χ4v) is 2.55. The quantitative estimate of drug-likeness (QED) is 0.866. The Morgan fingerprint density at radius 3 is 2.15 bits per heavy atom. The minimum absolute atomic E-state index is 0.0622. The van der Waals surface area contributed by atoms with Crippen molar-refractivity contribution in [2.24, 2.45) is 11.1 Å². The van der Waals surface area contributed by atoms with E-state index in [1.54, 1.807) is 0 Å². The van der Waals surface area contributed by atoms with Crippen LogP contribution in [0.25, 0.3) is 0 Å². The van der Waals surface area contributed by atoms with Crippen molar-refractivity contribution in [3.05, 3.63) is 35.4 Å². The van der Waals surface area contributed by atoms with E-state index in [1.165, 1.54) is 5.56 Å². The zero-order valence-corrected chi connectivity index (χ0v) is 13.4. The van der Waals surface area contributed by atoms with Crippen molar-refractivity contribution in [1.82, 2.24) is 4.90 Å². The number of amides is 1. The van der Waals surface area contributed by atoms with E-state index in [0.717, 1.165) is 18.4 Å². The molecule has 3 nitrogen and oxygen atoms in total. The summed E-state index contributed by atoms with van der Waals surface area (Å²) in [7, 11) is 1.88. The first-order valence-electron chi connectivity index (χ1n) is 7.45. The van der Waals surface area contributed by atoms with E-state index in [1.807, 2.05) is 25.8 Å². The summed E-state index contributed by atoms with van der Waals surface area (Å²) in [5.74, 6) is 0.151. The van der Waals surface area contributed by atoms with Gasteiger partial charge >= 0.3 is 0 Å². The maximum Gasteiger partial charge on any atom is 0.230 e. The normalized spacial score (nSPS) is 13.1. The largest absolute Gasteiger partial charge is 0.338 e. The van der Waals surface area contributed by atoms with Gasteiger partial charge in [-0.05, 0) is 32.3 Å². The molecule has 0 fully saturated rings. The molecule has 112 valence electrons. The predicted octanol–water partition coefficient (Wildman–Crippen LogP) is 3.28. The molecule has 0 spiro atoms. The number of carbonyl (C=O) groups is 1. The second kappa shape index (κ2) is 6.89. The van der Waals surface area contributed by atoms with Gasteiger partial charge in [0.15, 0.2) is 0 Å². The van der Waals surface area contributed by atoms with Gasteiger partial charge in [0.25, 0.3) is 0 Å². The highest BCUT2D eigenvalue weighted by molar-refractivity contribution is 5.83. The van der Waals surface area contributed by atoms with E-state index in [4.69, 9.17) is 5.73 Å². The van der Waals surface area contributed by atoms with Crippen LogP contribution < -0.4 is 5.73 Å². The fraction of sp³-hybridized carbons (Fsp3) is 0.588. The predicted molar refractivity (Wildman–Crippen MR) is 84.4 cm³/mol. The van der Waals surface area contributed by atoms with Crippen LogP contribution in [0.1, 0.15) is 50.8 Å². The molecule has 1 amide bonds. The summed E-state index contributed by atoms with van der Waals surface area (Å²) in [6.45, 7) is 8.62. The lowest BCUT2D eigenvalue weighted by atomic mass is 9.80. The molecule has 1 aromatic rings. The van der Waals surface area contributed by atoms with Crippen LogP contribution in [-0.4, -0.2) is 24.4 Å². The first kappa shape index (κ1) is 16.7. The lowest BCUT2D eigenvalue weighted by Crippen LogP contribution is -2.46. The average molecular weight is 276 g/mol. The molecule has 2 N–H and O–H groups in total. The zero-order chi connectivity index (χ0) is 15.3. The number of carbonyl (C=O) groups excluding carboxylic acids is 1. The highest BCUT2D eigenvalue weighted by Crippen LogP contribution is 2.31. The van der Waals surface area contributed by atoms with Crippen molar-refractivity contribution in [2.45, 2.75) is 46.6 Å². The van der Waals surface area contributed by atoms with Crippen LogP contribution >= 0.6 is 0 Å². The third-order valence-corrected chi connectivity index (χ3v) is 4.66. The Labute approximate surface area is 123 Å². The van der Waals surface area contributed by atoms with Gasteiger partial charge in [-0.25, -0.2) is 0 Å². The Morgan fingerprint density at radius 2 is 1.75 bits per heavy atom. The van der Waals surface area contributed by atoms with E-state index in [0.29, 0.717) is 6.54 Å². The van der Waals surface area contributed by atoms with Gasteiger partial charge in [0.05, 0.1) is 11.5 Å². The minimum Gasteiger partial charge on any atom is -0.338 e. The van der Waals surface area contributed by atoms with Crippen LogP contribution in [0, 0.1) is 12.3 Å². The van der Waals surface area contributed by atoms with Crippen LogP contribution in [-0.2, 0) is 4.79 Å². The number of nitrogens with two attached hydrogens (primary N) is 1. The fourth-order valence-electron chi connectivity index (χ4n) is 2.55. The number of benzene rings is 1. The van der Waals surface area contributed by atoms with E-state index in [-0.39, 0.29) is 11.9 Å². The zero-order valence-electron chi connectivity index (χ0n) is 13.4. The summed E-state index contributed by atoms with van der Waals surface area (Å²) in [6.07, 6.45) is 1.56. The van der Waals surface area contributed by atoms with Crippen LogP contribution in [0.3, 0.4) is 0 Å². The van der Waals surface area contributed by atoms with Gasteiger partial charge in [-0.1, -0.05) is 43.7 Å². The molecular formula is C17H28N2O. The van der Waals surface area contributed by atoms with Gasteiger partial charge < -0.3 is 10.6 Å². The van der Waals surface area contributed by atoms with Gasteiger partial charge in [0, 0.05) is 13.6 Å². The molecule has 0 radical (unpaired) electrons. The second-order valence-corrected chi connectivity index (χ2v) is 5.69. The monoisotopic (exact) mass is 276 g/mol. The summed E-state index contributed by atoms with van der Waals surface area (Å²) in [5, 5.41) is 0. The van der Waals surface area contributed by atoms with Crippen molar-refractivity contribution >= 4 is 5.91 Å². The molecule has 1 atom stereocenters. The summed E-state index contributed by atoms with van der Waals surface area (Å²) in [4.78, 5) is 14.6. The molecule has 1 unspecified atom stereocenters. The summed E-state index contributed by atoms with van der Waals surface area (Å²) in [6, 6.07) is 8.41. The van der Waals surface area contributed by atoms with Gasteiger partial charge in [-0.2, -0.15) is 0 Å². The van der Waals surface area contributed by atoms with E-state index < -0.39 is 5.41 Å². The standard InChI is InChI=1S/C17H28N2O/c1-6-17(7-2,12-18)16(20)19(5)14(4)15-10-8-13(3)9-11-15/h8-11,14H,6-7,12,18H2,1-5H3. The van der Waals surface area contributed by atoms with E-state index in [2.05, 4.69) is 38.1 Å². The molecule has 3 heteroatoms. The van der Waals surface area contributed by atoms with Crippen molar-refractivity contribution in [2.75, 3.05) is 13.6 Å². The molecule has 20 heavy (non-hydrogen) atoms. The van der Waals surface area contributed by atoms with Crippen LogP contribution in [0.5, 0.6) is 0 Å². The Morgan fingerprint density at radius 1 is 1.25 bits per heavy atom. The second-order valence-electron chi connectivity index (χ2n) is 5.69. The maximum absolute atomic E-state index is 12.8. The molecule has 1 rings (SSSR count). The number of nitrogens with zero attached hydrogens (tertiary/aromatic N) is 1. The van der Waals surface area contributed by atoms with Crippen LogP contribution in [0.15, 0.2) is 24.3 Å². The Balaban J connectivity index is 2.95. The minimum atomic E-state index is -0.423. The van der Waals surface area contributed by atoms with Crippen molar-refractivity contribution in [3.8, 4) is 0 Å². The van der Waals surface area contributed by atoms with E-state index in [9.17, 15) is 4.79 Å². The summed E-state index contributed by atoms with van der Waals surface area (Å²) in [5.41, 5.74) is 7.84. The number of hydrogen-bond donors (Lipinski definition) is 1. The molecule has 0 aromatic heterocycles. The first-order chi connectivity index (χ1) is 9.41. The highest BCUT2D eigenvalue weighted by Gasteiger charge is 2.37. The first-order valence-corrected chi connectivity index (χ1v) is 7.45. The molecule has 0 saturated carbocycles.